The highest BCUT2D eigenvalue weighted by atomic mass is 79.9. The molecule has 2 amide bonds. The average molecular weight is 389 g/mol. The number of halogens is 1. The molecule has 0 spiro atoms. The number of nitrogens with one attached hydrogen (secondary N) is 1. The maximum atomic E-state index is 12.2. The van der Waals surface area contributed by atoms with Crippen LogP contribution in [0.25, 0.3) is 0 Å². The topological polar surface area (TPSA) is 49.4 Å². The average Bonchev–Trinajstić information content (AvgIpc) is 2.54. The second kappa shape index (κ2) is 8.11. The Morgan fingerprint density at radius 1 is 1.08 bits per heavy atom. The minimum absolute atomic E-state index is 0.0594. The largest absolute Gasteiger partial charge is 0.350 e. The van der Waals surface area contributed by atoms with Crippen molar-refractivity contribution >= 4 is 33.4 Å². The van der Waals surface area contributed by atoms with Gasteiger partial charge < -0.3 is 10.2 Å². The number of nitrogens with zero attached hydrogens (tertiary/aromatic N) is 1. The molecule has 0 atom stereocenters. The minimum Gasteiger partial charge on any atom is -0.350 e. The maximum absolute atomic E-state index is 12.2. The third-order valence-corrected chi connectivity index (χ3v) is 4.71. The summed E-state index contributed by atoms with van der Waals surface area (Å²) >= 11 is 3.49. The summed E-state index contributed by atoms with van der Waals surface area (Å²) in [7, 11) is 0. The second-order valence-electron chi connectivity index (χ2n) is 5.67. The molecule has 24 heavy (non-hydrogen) atoms. The normalized spacial score (nSPS) is 10.3. The Morgan fingerprint density at radius 3 is 2.42 bits per heavy atom. The van der Waals surface area contributed by atoms with Gasteiger partial charge in [-0.25, -0.2) is 0 Å². The lowest BCUT2D eigenvalue weighted by atomic mass is 10.1. The van der Waals surface area contributed by atoms with Crippen LogP contribution in [0.15, 0.2) is 46.9 Å². The van der Waals surface area contributed by atoms with Gasteiger partial charge in [0.05, 0.1) is 0 Å². The highest BCUT2D eigenvalue weighted by molar-refractivity contribution is 9.10. The Balaban J connectivity index is 2.02. The molecule has 1 N–H and O–H groups in total. The molecule has 126 valence electrons. The summed E-state index contributed by atoms with van der Waals surface area (Å²) in [6, 6.07) is 13.2. The summed E-state index contributed by atoms with van der Waals surface area (Å²) in [4.78, 5) is 25.8. The zero-order valence-corrected chi connectivity index (χ0v) is 15.7. The molecular formula is C19H21BrN2O2. The Kier molecular flexibility index (Phi) is 6.15. The molecule has 0 saturated carbocycles. The van der Waals surface area contributed by atoms with E-state index in [2.05, 4.69) is 21.2 Å². The summed E-state index contributed by atoms with van der Waals surface area (Å²) in [6.45, 7) is 6.23. The summed E-state index contributed by atoms with van der Waals surface area (Å²) in [5.41, 5.74) is 3.51. The lowest BCUT2D eigenvalue weighted by Crippen LogP contribution is -2.37. The molecule has 0 unspecified atom stereocenters. The van der Waals surface area contributed by atoms with E-state index in [4.69, 9.17) is 0 Å². The smallest absolute Gasteiger partial charge is 0.251 e. The monoisotopic (exact) mass is 388 g/mol. The van der Waals surface area contributed by atoms with E-state index in [1.165, 1.54) is 6.92 Å². The van der Waals surface area contributed by atoms with Crippen LogP contribution < -0.4 is 10.2 Å². The molecule has 0 radical (unpaired) electrons. The molecule has 2 aromatic rings. The van der Waals surface area contributed by atoms with Crippen molar-refractivity contribution in [2.45, 2.75) is 20.8 Å². The number of hydrogen-bond acceptors (Lipinski definition) is 2. The van der Waals surface area contributed by atoms with Crippen molar-refractivity contribution in [3.63, 3.8) is 0 Å². The van der Waals surface area contributed by atoms with Crippen molar-refractivity contribution in [2.75, 3.05) is 18.0 Å². The van der Waals surface area contributed by atoms with Crippen LogP contribution in [0.3, 0.4) is 0 Å². The van der Waals surface area contributed by atoms with Crippen LogP contribution >= 0.6 is 15.9 Å². The molecule has 0 bridgehead atoms. The van der Waals surface area contributed by atoms with Gasteiger partial charge in [0, 0.05) is 35.7 Å². The van der Waals surface area contributed by atoms with Gasteiger partial charge in [0.15, 0.2) is 0 Å². The summed E-state index contributed by atoms with van der Waals surface area (Å²) < 4.78 is 0.954. The van der Waals surface area contributed by atoms with E-state index in [-0.39, 0.29) is 11.8 Å². The molecule has 0 aliphatic heterocycles. The Labute approximate surface area is 151 Å². The molecule has 0 aliphatic carbocycles. The van der Waals surface area contributed by atoms with Crippen molar-refractivity contribution < 1.29 is 9.59 Å². The molecule has 0 fully saturated rings. The number of anilines is 1. The molecule has 2 rings (SSSR count). The third-order valence-electron chi connectivity index (χ3n) is 3.86. The van der Waals surface area contributed by atoms with Crippen LogP contribution in [0.2, 0.25) is 0 Å². The third kappa shape index (κ3) is 4.45. The predicted molar refractivity (Wildman–Crippen MR) is 100 cm³/mol. The van der Waals surface area contributed by atoms with Crippen LogP contribution in [0.1, 0.15) is 28.4 Å². The number of amides is 2. The van der Waals surface area contributed by atoms with Crippen LogP contribution in [-0.2, 0) is 4.79 Å². The SMILES string of the molecule is CC(=O)N(CCNC(=O)c1ccccc1C)c1ccc(C)c(Br)c1. The van der Waals surface area contributed by atoms with Crippen LogP contribution in [0.4, 0.5) is 5.69 Å². The molecule has 2 aromatic carbocycles. The van der Waals surface area contributed by atoms with Crippen LogP contribution in [-0.4, -0.2) is 24.9 Å². The fourth-order valence-corrected chi connectivity index (χ4v) is 2.79. The minimum atomic E-state index is -0.123. The Morgan fingerprint density at radius 2 is 1.79 bits per heavy atom. The van der Waals surface area contributed by atoms with E-state index >= 15 is 0 Å². The molecule has 0 aliphatic rings. The van der Waals surface area contributed by atoms with Gasteiger partial charge in [-0.1, -0.05) is 40.2 Å². The molecular weight excluding hydrogens is 368 g/mol. The van der Waals surface area contributed by atoms with Gasteiger partial charge in [0.25, 0.3) is 5.91 Å². The van der Waals surface area contributed by atoms with Gasteiger partial charge >= 0.3 is 0 Å². The Bertz CT molecular complexity index is 759. The van der Waals surface area contributed by atoms with Gasteiger partial charge in [-0.3, -0.25) is 9.59 Å². The summed E-state index contributed by atoms with van der Waals surface area (Å²) in [6.07, 6.45) is 0. The van der Waals surface area contributed by atoms with Crippen molar-refractivity contribution in [1.82, 2.24) is 5.32 Å². The second-order valence-corrected chi connectivity index (χ2v) is 6.53. The zero-order valence-electron chi connectivity index (χ0n) is 14.1. The zero-order chi connectivity index (χ0) is 17.7. The molecule has 0 aromatic heterocycles. The number of aryl methyl sites for hydroxylation is 2. The first-order chi connectivity index (χ1) is 11.4. The molecule has 0 heterocycles. The standard InChI is InChI=1S/C19H21BrN2O2/c1-13-6-4-5-7-17(13)19(24)21-10-11-22(15(3)23)16-9-8-14(2)18(20)12-16/h4-9,12H,10-11H2,1-3H3,(H,21,24). The van der Waals surface area contributed by atoms with E-state index < -0.39 is 0 Å². The summed E-state index contributed by atoms with van der Waals surface area (Å²) in [5, 5.41) is 2.88. The number of hydrogen-bond donors (Lipinski definition) is 1. The molecule has 5 heteroatoms. The fraction of sp³-hybridized carbons (Fsp3) is 0.263. The summed E-state index contributed by atoms with van der Waals surface area (Å²) in [5.74, 6) is -0.183. The van der Waals surface area contributed by atoms with Crippen molar-refractivity contribution in [3.05, 3.63) is 63.6 Å². The molecule has 4 nitrogen and oxygen atoms in total. The van der Waals surface area contributed by atoms with E-state index in [1.54, 1.807) is 11.0 Å². The number of carbonyl (C=O) groups excluding carboxylic acids is 2. The number of rotatable bonds is 5. The highest BCUT2D eigenvalue weighted by Crippen LogP contribution is 2.23. The Hall–Kier alpha value is -2.14. The van der Waals surface area contributed by atoms with Crippen LogP contribution in [0.5, 0.6) is 0 Å². The van der Waals surface area contributed by atoms with Gasteiger partial charge in [0.1, 0.15) is 0 Å². The van der Waals surface area contributed by atoms with Crippen LogP contribution in [0, 0.1) is 13.8 Å². The van der Waals surface area contributed by atoms with E-state index in [0.717, 1.165) is 21.3 Å². The van der Waals surface area contributed by atoms with Gasteiger partial charge in [-0.2, -0.15) is 0 Å². The first-order valence-corrected chi connectivity index (χ1v) is 8.57. The van der Waals surface area contributed by atoms with Crippen molar-refractivity contribution in [2.24, 2.45) is 0 Å². The van der Waals surface area contributed by atoms with Gasteiger partial charge in [-0.15, -0.1) is 0 Å². The van der Waals surface area contributed by atoms with E-state index in [9.17, 15) is 9.59 Å². The lowest BCUT2D eigenvalue weighted by molar-refractivity contribution is -0.116. The van der Waals surface area contributed by atoms with E-state index in [0.29, 0.717) is 18.7 Å². The number of carbonyl (C=O) groups is 2. The highest BCUT2D eigenvalue weighted by Gasteiger charge is 2.13. The first-order valence-electron chi connectivity index (χ1n) is 7.78. The predicted octanol–water partition coefficient (Wildman–Crippen LogP) is 3.85. The fourth-order valence-electron chi connectivity index (χ4n) is 2.42. The van der Waals surface area contributed by atoms with Gasteiger partial charge in [0.2, 0.25) is 5.91 Å². The van der Waals surface area contributed by atoms with Gasteiger partial charge in [-0.05, 0) is 43.2 Å². The first kappa shape index (κ1) is 18.2. The van der Waals surface area contributed by atoms with Crippen molar-refractivity contribution in [3.8, 4) is 0 Å². The van der Waals surface area contributed by atoms with E-state index in [1.807, 2.05) is 50.2 Å². The lowest BCUT2D eigenvalue weighted by Gasteiger charge is -2.22. The quantitative estimate of drug-likeness (QED) is 0.845. The maximum Gasteiger partial charge on any atom is 0.251 e. The van der Waals surface area contributed by atoms with Crippen molar-refractivity contribution in [1.29, 1.82) is 0 Å². The number of benzene rings is 2. The molecule has 0 saturated heterocycles.